The lowest BCUT2D eigenvalue weighted by atomic mass is 9.98. The molecule has 4 nitrogen and oxygen atoms in total. The molecular weight excluding hydrogens is 266 g/mol. The van der Waals surface area contributed by atoms with Crippen LogP contribution in [0.5, 0.6) is 0 Å². The zero-order valence-corrected chi connectivity index (χ0v) is 12.9. The van der Waals surface area contributed by atoms with Crippen LogP contribution in [0.4, 0.5) is 0 Å². The molecule has 1 aliphatic heterocycles. The van der Waals surface area contributed by atoms with Crippen molar-refractivity contribution in [1.29, 1.82) is 0 Å². The van der Waals surface area contributed by atoms with Crippen molar-refractivity contribution in [1.82, 2.24) is 5.32 Å². The highest BCUT2D eigenvalue weighted by Crippen LogP contribution is 2.14. The summed E-state index contributed by atoms with van der Waals surface area (Å²) in [5.41, 5.74) is 1.15. The predicted octanol–water partition coefficient (Wildman–Crippen LogP) is 2.30. The molecule has 1 heterocycles. The van der Waals surface area contributed by atoms with E-state index >= 15 is 0 Å². The zero-order valence-electron chi connectivity index (χ0n) is 12.9. The lowest BCUT2D eigenvalue weighted by Gasteiger charge is -2.23. The smallest absolute Gasteiger partial charge is 0.251 e. The van der Waals surface area contributed by atoms with E-state index in [1.807, 2.05) is 24.3 Å². The normalized spacial score (nSPS) is 19.3. The molecule has 1 atom stereocenters. The van der Waals surface area contributed by atoms with E-state index in [9.17, 15) is 9.90 Å². The first kappa shape index (κ1) is 16.0. The Bertz CT molecular complexity index is 456. The summed E-state index contributed by atoms with van der Waals surface area (Å²) in [5, 5.41) is 12.7. The molecule has 21 heavy (non-hydrogen) atoms. The molecule has 0 aliphatic carbocycles. The number of amides is 1. The van der Waals surface area contributed by atoms with Crippen molar-refractivity contribution in [2.24, 2.45) is 0 Å². The topological polar surface area (TPSA) is 58.6 Å². The third-order valence-electron chi connectivity index (χ3n) is 3.74. The van der Waals surface area contributed by atoms with Crippen LogP contribution in [0.15, 0.2) is 24.3 Å². The highest BCUT2D eigenvalue weighted by molar-refractivity contribution is 5.94. The van der Waals surface area contributed by atoms with E-state index < -0.39 is 5.60 Å². The summed E-state index contributed by atoms with van der Waals surface area (Å²) in [6, 6.07) is 7.73. The number of rotatable bonds is 5. The second-order valence-corrected chi connectivity index (χ2v) is 6.40. The van der Waals surface area contributed by atoms with Crippen molar-refractivity contribution in [3.05, 3.63) is 35.4 Å². The third-order valence-corrected chi connectivity index (χ3v) is 3.74. The standard InChI is InChI=1S/C17H25NO3/c1-17(2,20)10-9-13-5-7-14(8-6-13)16(19)18-15-4-3-11-21-12-15/h5-8,15,20H,3-4,9-12H2,1-2H3,(H,18,19). The van der Waals surface area contributed by atoms with E-state index in [4.69, 9.17) is 4.74 Å². The second kappa shape index (κ2) is 7.05. The number of aliphatic hydroxyl groups is 1. The first-order chi connectivity index (χ1) is 9.94. The van der Waals surface area contributed by atoms with Gasteiger partial charge in [0.1, 0.15) is 0 Å². The van der Waals surface area contributed by atoms with Gasteiger partial charge < -0.3 is 15.2 Å². The fourth-order valence-electron chi connectivity index (χ4n) is 2.40. The lowest BCUT2D eigenvalue weighted by Crippen LogP contribution is -2.40. The molecule has 1 aromatic rings. The van der Waals surface area contributed by atoms with Crippen molar-refractivity contribution in [2.75, 3.05) is 13.2 Å². The zero-order chi connectivity index (χ0) is 15.3. The van der Waals surface area contributed by atoms with Crippen LogP contribution in [0.2, 0.25) is 0 Å². The lowest BCUT2D eigenvalue weighted by molar-refractivity contribution is 0.0624. The van der Waals surface area contributed by atoms with Gasteiger partial charge in [0.05, 0.1) is 18.2 Å². The summed E-state index contributed by atoms with van der Waals surface area (Å²) in [6.07, 6.45) is 3.50. The first-order valence-electron chi connectivity index (χ1n) is 7.64. The number of carbonyl (C=O) groups is 1. The minimum absolute atomic E-state index is 0.0421. The molecule has 0 aromatic heterocycles. The SMILES string of the molecule is CC(C)(O)CCc1ccc(C(=O)NC2CCCOC2)cc1. The molecule has 1 unspecified atom stereocenters. The van der Waals surface area contributed by atoms with Crippen LogP contribution >= 0.6 is 0 Å². The van der Waals surface area contributed by atoms with Crippen LogP contribution in [0.1, 0.15) is 49.0 Å². The Morgan fingerprint density at radius 1 is 1.38 bits per heavy atom. The van der Waals surface area contributed by atoms with Crippen molar-refractivity contribution in [3.63, 3.8) is 0 Å². The molecule has 4 heteroatoms. The van der Waals surface area contributed by atoms with E-state index in [1.165, 1.54) is 0 Å². The first-order valence-corrected chi connectivity index (χ1v) is 7.64. The number of benzene rings is 1. The van der Waals surface area contributed by atoms with Gasteiger partial charge in [0, 0.05) is 12.2 Å². The van der Waals surface area contributed by atoms with Gasteiger partial charge in [-0.25, -0.2) is 0 Å². The fraction of sp³-hybridized carbons (Fsp3) is 0.588. The minimum atomic E-state index is -0.656. The van der Waals surface area contributed by atoms with Crippen LogP contribution in [0.3, 0.4) is 0 Å². The predicted molar refractivity (Wildman–Crippen MR) is 82.4 cm³/mol. The monoisotopic (exact) mass is 291 g/mol. The quantitative estimate of drug-likeness (QED) is 0.875. The van der Waals surface area contributed by atoms with Gasteiger partial charge in [-0.2, -0.15) is 0 Å². The molecule has 0 radical (unpaired) electrons. The van der Waals surface area contributed by atoms with Crippen molar-refractivity contribution < 1.29 is 14.6 Å². The van der Waals surface area contributed by atoms with E-state index in [1.54, 1.807) is 13.8 Å². The summed E-state index contributed by atoms with van der Waals surface area (Å²) in [6.45, 7) is 5.01. The second-order valence-electron chi connectivity index (χ2n) is 6.40. The summed E-state index contributed by atoms with van der Waals surface area (Å²) >= 11 is 0. The maximum absolute atomic E-state index is 12.1. The molecule has 0 spiro atoms. The van der Waals surface area contributed by atoms with E-state index in [-0.39, 0.29) is 11.9 Å². The van der Waals surface area contributed by atoms with Crippen molar-refractivity contribution in [3.8, 4) is 0 Å². The van der Waals surface area contributed by atoms with Crippen molar-refractivity contribution in [2.45, 2.75) is 51.2 Å². The summed E-state index contributed by atoms with van der Waals surface area (Å²) in [7, 11) is 0. The largest absolute Gasteiger partial charge is 0.390 e. The molecule has 2 N–H and O–H groups in total. The molecule has 1 aromatic carbocycles. The number of nitrogens with one attached hydrogen (secondary N) is 1. The Morgan fingerprint density at radius 2 is 2.10 bits per heavy atom. The molecule has 2 rings (SSSR count). The maximum Gasteiger partial charge on any atom is 0.251 e. The molecule has 1 amide bonds. The number of hydrogen-bond donors (Lipinski definition) is 2. The Hall–Kier alpha value is -1.39. The van der Waals surface area contributed by atoms with Gasteiger partial charge >= 0.3 is 0 Å². The summed E-state index contributed by atoms with van der Waals surface area (Å²) in [4.78, 5) is 12.1. The number of ether oxygens (including phenoxy) is 1. The van der Waals surface area contributed by atoms with E-state index in [2.05, 4.69) is 5.32 Å². The average Bonchev–Trinajstić information content (AvgIpc) is 2.46. The van der Waals surface area contributed by atoms with Crippen LogP contribution in [-0.4, -0.2) is 35.9 Å². The Labute approximate surface area is 126 Å². The van der Waals surface area contributed by atoms with Crippen LogP contribution in [0.25, 0.3) is 0 Å². The molecule has 0 saturated carbocycles. The van der Waals surface area contributed by atoms with Crippen molar-refractivity contribution >= 4 is 5.91 Å². The summed E-state index contributed by atoms with van der Waals surface area (Å²) < 4.78 is 5.36. The van der Waals surface area contributed by atoms with Gasteiger partial charge in [-0.05, 0) is 57.2 Å². The third kappa shape index (κ3) is 5.48. The molecule has 1 aliphatic rings. The summed E-state index contributed by atoms with van der Waals surface area (Å²) in [5.74, 6) is -0.0421. The van der Waals surface area contributed by atoms with Gasteiger partial charge in [-0.15, -0.1) is 0 Å². The fourth-order valence-corrected chi connectivity index (χ4v) is 2.40. The number of aryl methyl sites for hydroxylation is 1. The molecule has 0 bridgehead atoms. The molecule has 1 saturated heterocycles. The Morgan fingerprint density at radius 3 is 2.67 bits per heavy atom. The molecular formula is C17H25NO3. The number of carbonyl (C=O) groups excluding carboxylic acids is 1. The van der Waals surface area contributed by atoms with Crippen LogP contribution in [0, 0.1) is 0 Å². The Kier molecular flexibility index (Phi) is 5.37. The number of hydrogen-bond acceptors (Lipinski definition) is 3. The van der Waals surface area contributed by atoms with Crippen LogP contribution < -0.4 is 5.32 Å². The van der Waals surface area contributed by atoms with Crippen LogP contribution in [-0.2, 0) is 11.2 Å². The van der Waals surface area contributed by atoms with E-state index in [0.717, 1.165) is 31.4 Å². The van der Waals surface area contributed by atoms with Gasteiger partial charge in [-0.1, -0.05) is 12.1 Å². The average molecular weight is 291 g/mol. The van der Waals surface area contributed by atoms with Gasteiger partial charge in [0.2, 0.25) is 0 Å². The molecule has 116 valence electrons. The molecule has 1 fully saturated rings. The maximum atomic E-state index is 12.1. The van der Waals surface area contributed by atoms with Gasteiger partial charge in [0.15, 0.2) is 0 Å². The van der Waals surface area contributed by atoms with Gasteiger partial charge in [0.25, 0.3) is 5.91 Å². The van der Waals surface area contributed by atoms with E-state index in [0.29, 0.717) is 18.6 Å². The Balaban J connectivity index is 1.87. The van der Waals surface area contributed by atoms with Gasteiger partial charge in [-0.3, -0.25) is 4.79 Å². The highest BCUT2D eigenvalue weighted by Gasteiger charge is 2.17. The minimum Gasteiger partial charge on any atom is -0.390 e. The highest BCUT2D eigenvalue weighted by atomic mass is 16.5.